The number of aromatic carboxylic acids is 1. The number of carbonyl (C=O) groups is 2. The number of amides is 1. The number of anilines is 1. The van der Waals surface area contributed by atoms with Gasteiger partial charge in [-0.25, -0.2) is 13.2 Å². The van der Waals surface area contributed by atoms with Gasteiger partial charge in [0.1, 0.15) is 10.3 Å². The molecule has 0 fully saturated rings. The first-order valence-corrected chi connectivity index (χ1v) is 15.1. The van der Waals surface area contributed by atoms with E-state index in [2.05, 4.69) is 4.72 Å². The molecule has 3 aromatic rings. The van der Waals surface area contributed by atoms with Crippen LogP contribution >= 0.6 is 11.3 Å². The number of fused-ring (bicyclic) bond motifs is 1. The molecule has 3 atom stereocenters. The molecule has 2 heterocycles. The Labute approximate surface area is 237 Å². The maximum atomic E-state index is 13.6. The van der Waals surface area contributed by atoms with Crippen LogP contribution in [-0.2, 0) is 16.6 Å². The van der Waals surface area contributed by atoms with Gasteiger partial charge in [-0.05, 0) is 55.2 Å². The lowest BCUT2D eigenvalue weighted by Crippen LogP contribution is -2.49. The molecule has 1 amide bonds. The van der Waals surface area contributed by atoms with Crippen LogP contribution in [0, 0.1) is 5.92 Å². The van der Waals surface area contributed by atoms with Crippen molar-refractivity contribution < 1.29 is 33.0 Å². The van der Waals surface area contributed by atoms with E-state index in [1.807, 2.05) is 18.9 Å². The number of thiophene rings is 1. The first-order valence-electron chi connectivity index (χ1n) is 12.8. The monoisotopic (exact) mass is 587 g/mol. The average Bonchev–Trinajstić information content (AvgIpc) is 3.47. The third kappa shape index (κ3) is 6.64. The second-order valence-electron chi connectivity index (χ2n) is 10.0. The van der Waals surface area contributed by atoms with Crippen molar-refractivity contribution in [3.8, 4) is 5.75 Å². The summed E-state index contributed by atoms with van der Waals surface area (Å²) in [6, 6.07) is 14.1. The van der Waals surface area contributed by atoms with Crippen LogP contribution in [0.25, 0.3) is 0 Å². The number of carbonyl (C=O) groups excluding carboxylic acids is 1. The number of para-hydroxylation sites is 1. The lowest BCUT2D eigenvalue weighted by atomic mass is 9.99. The van der Waals surface area contributed by atoms with E-state index in [1.165, 1.54) is 6.07 Å². The molecule has 10 nitrogen and oxygen atoms in total. The van der Waals surface area contributed by atoms with Gasteiger partial charge in [-0.2, -0.15) is 0 Å². The molecule has 0 spiro atoms. The van der Waals surface area contributed by atoms with Crippen LogP contribution in [0.3, 0.4) is 0 Å². The lowest BCUT2D eigenvalue weighted by molar-refractivity contribution is 0.0344. The Morgan fingerprint density at radius 3 is 2.55 bits per heavy atom. The van der Waals surface area contributed by atoms with Crippen molar-refractivity contribution in [1.82, 2.24) is 9.80 Å². The van der Waals surface area contributed by atoms with Crippen LogP contribution in [-0.4, -0.2) is 79.2 Å². The standard InChI is InChI=1S/C28H33N3O7S2/c1-18-14-31(19(2)17-32)27(33)22-6-4-7-23(29-40(36,37)25-8-5-13-39-25)26(22)38-24(18)16-30(3)15-20-9-11-21(12-10-20)28(34)35/h4-13,18-19,24,29,32H,14-17H2,1-3H3,(H,34,35)/t18-,19-,24+/m0/s1. The van der Waals surface area contributed by atoms with Crippen LogP contribution in [0.5, 0.6) is 5.75 Å². The Morgan fingerprint density at radius 2 is 1.93 bits per heavy atom. The highest BCUT2D eigenvalue weighted by Crippen LogP contribution is 2.36. The number of nitrogens with zero attached hydrogens (tertiary/aromatic N) is 2. The highest BCUT2D eigenvalue weighted by atomic mass is 32.2. The molecule has 40 heavy (non-hydrogen) atoms. The van der Waals surface area contributed by atoms with Crippen molar-refractivity contribution in [3.63, 3.8) is 0 Å². The summed E-state index contributed by atoms with van der Waals surface area (Å²) in [5.74, 6) is -1.38. The summed E-state index contributed by atoms with van der Waals surface area (Å²) < 4.78 is 35.3. The average molecular weight is 588 g/mol. The Morgan fingerprint density at radius 1 is 1.20 bits per heavy atom. The van der Waals surface area contributed by atoms with Gasteiger partial charge in [0.05, 0.1) is 29.5 Å². The first-order chi connectivity index (χ1) is 19.0. The Kier molecular flexibility index (Phi) is 9.14. The number of aliphatic hydroxyl groups excluding tert-OH is 1. The summed E-state index contributed by atoms with van der Waals surface area (Å²) in [7, 11) is -2.00. The molecule has 4 rings (SSSR count). The number of sulfonamides is 1. The molecule has 1 aliphatic rings. The molecule has 1 aromatic heterocycles. The quantitative estimate of drug-likeness (QED) is 0.327. The third-order valence-electron chi connectivity index (χ3n) is 6.84. The normalized spacial score (nSPS) is 18.4. The summed E-state index contributed by atoms with van der Waals surface area (Å²) >= 11 is 1.08. The molecule has 2 aromatic carbocycles. The summed E-state index contributed by atoms with van der Waals surface area (Å²) in [4.78, 5) is 28.4. The number of aliphatic hydroxyl groups is 1. The number of hydrogen-bond acceptors (Lipinski definition) is 8. The molecular formula is C28H33N3O7S2. The van der Waals surface area contributed by atoms with E-state index in [0.717, 1.165) is 16.9 Å². The second-order valence-corrected chi connectivity index (χ2v) is 12.9. The van der Waals surface area contributed by atoms with Crippen molar-refractivity contribution in [2.75, 3.05) is 31.5 Å². The van der Waals surface area contributed by atoms with Gasteiger partial charge in [-0.15, -0.1) is 11.3 Å². The van der Waals surface area contributed by atoms with E-state index >= 15 is 0 Å². The van der Waals surface area contributed by atoms with Gasteiger partial charge in [0.2, 0.25) is 0 Å². The van der Waals surface area contributed by atoms with Gasteiger partial charge in [0.15, 0.2) is 5.75 Å². The molecule has 214 valence electrons. The smallest absolute Gasteiger partial charge is 0.335 e. The van der Waals surface area contributed by atoms with Gasteiger partial charge in [-0.1, -0.05) is 31.2 Å². The zero-order valence-corrected chi connectivity index (χ0v) is 24.1. The molecule has 0 bridgehead atoms. The highest BCUT2D eigenvalue weighted by Gasteiger charge is 2.35. The number of ether oxygens (including phenoxy) is 1. The van der Waals surface area contributed by atoms with Crippen molar-refractivity contribution in [3.05, 3.63) is 76.7 Å². The number of rotatable bonds is 10. The molecule has 12 heteroatoms. The largest absolute Gasteiger partial charge is 0.486 e. The topological polar surface area (TPSA) is 136 Å². The van der Waals surface area contributed by atoms with Gasteiger partial charge in [0.25, 0.3) is 15.9 Å². The zero-order valence-electron chi connectivity index (χ0n) is 22.5. The number of carboxylic acid groups (broad SMARTS) is 1. The third-order valence-corrected chi connectivity index (χ3v) is 9.60. The zero-order chi connectivity index (χ0) is 29.0. The summed E-state index contributed by atoms with van der Waals surface area (Å²) in [5.41, 5.74) is 1.49. The lowest BCUT2D eigenvalue weighted by Gasteiger charge is -2.38. The van der Waals surface area contributed by atoms with Crippen molar-refractivity contribution in [1.29, 1.82) is 0 Å². The maximum Gasteiger partial charge on any atom is 0.335 e. The summed E-state index contributed by atoms with van der Waals surface area (Å²) in [6.07, 6.45) is -0.448. The molecular weight excluding hydrogens is 554 g/mol. The fourth-order valence-electron chi connectivity index (χ4n) is 4.59. The minimum Gasteiger partial charge on any atom is -0.486 e. The number of likely N-dealkylation sites (N-methyl/N-ethyl adjacent to an activating group) is 1. The second kappa shape index (κ2) is 12.4. The molecule has 3 N–H and O–H groups in total. The maximum absolute atomic E-state index is 13.6. The van der Waals surface area contributed by atoms with Gasteiger partial charge in [0, 0.05) is 25.6 Å². The molecule has 0 unspecified atom stereocenters. The van der Waals surface area contributed by atoms with Crippen molar-refractivity contribution in [2.45, 2.75) is 36.7 Å². The SMILES string of the molecule is C[C@H]1CN([C@@H](C)CO)C(=O)c2cccc(NS(=O)(=O)c3cccs3)c2O[C@@H]1CN(C)Cc1ccc(C(=O)O)cc1. The Bertz CT molecular complexity index is 1440. The van der Waals surface area contributed by atoms with Crippen LogP contribution in [0.15, 0.2) is 64.2 Å². The fraction of sp³-hybridized carbons (Fsp3) is 0.357. The van der Waals surface area contributed by atoms with Crippen LogP contribution in [0.4, 0.5) is 5.69 Å². The van der Waals surface area contributed by atoms with Crippen LogP contribution in [0.1, 0.15) is 40.1 Å². The van der Waals surface area contributed by atoms with Crippen LogP contribution < -0.4 is 9.46 Å². The highest BCUT2D eigenvalue weighted by molar-refractivity contribution is 7.94. The summed E-state index contributed by atoms with van der Waals surface area (Å²) in [6.45, 7) is 4.77. The van der Waals surface area contributed by atoms with Crippen molar-refractivity contribution >= 4 is 38.9 Å². The Hall–Kier alpha value is -3.45. The predicted octanol–water partition coefficient (Wildman–Crippen LogP) is 3.60. The Balaban J connectivity index is 1.66. The molecule has 0 saturated heterocycles. The van der Waals surface area contributed by atoms with E-state index in [9.17, 15) is 23.1 Å². The molecule has 0 saturated carbocycles. The molecule has 0 aliphatic carbocycles. The predicted molar refractivity (Wildman–Crippen MR) is 152 cm³/mol. The van der Waals surface area contributed by atoms with E-state index < -0.39 is 28.1 Å². The number of hydrogen-bond donors (Lipinski definition) is 3. The number of carboxylic acids is 1. The van der Waals surface area contributed by atoms with E-state index in [0.29, 0.717) is 19.6 Å². The minimum absolute atomic E-state index is 0.136. The van der Waals surface area contributed by atoms with E-state index in [-0.39, 0.29) is 45.2 Å². The van der Waals surface area contributed by atoms with Crippen molar-refractivity contribution in [2.24, 2.45) is 5.92 Å². The first kappa shape index (κ1) is 29.5. The number of nitrogens with one attached hydrogen (secondary N) is 1. The van der Waals surface area contributed by atoms with E-state index in [4.69, 9.17) is 9.84 Å². The molecule has 1 aliphatic heterocycles. The van der Waals surface area contributed by atoms with E-state index in [1.54, 1.807) is 65.7 Å². The minimum atomic E-state index is -3.91. The van der Waals surface area contributed by atoms with Gasteiger partial charge < -0.3 is 19.8 Å². The van der Waals surface area contributed by atoms with Crippen LogP contribution in [0.2, 0.25) is 0 Å². The fourth-order valence-corrected chi connectivity index (χ4v) is 6.64. The van der Waals surface area contributed by atoms with Gasteiger partial charge in [-0.3, -0.25) is 14.4 Å². The summed E-state index contributed by atoms with van der Waals surface area (Å²) in [5, 5.41) is 20.7. The van der Waals surface area contributed by atoms with Gasteiger partial charge >= 0.3 is 5.97 Å². The number of benzene rings is 2. The molecule has 0 radical (unpaired) electrons.